The van der Waals surface area contributed by atoms with E-state index >= 15 is 0 Å². The zero-order valence-corrected chi connectivity index (χ0v) is 10.9. The molecule has 4 nitrogen and oxygen atoms in total. The summed E-state index contributed by atoms with van der Waals surface area (Å²) in [5.74, 6) is -0.826. The summed E-state index contributed by atoms with van der Waals surface area (Å²) in [6, 6.07) is 6.81. The third kappa shape index (κ3) is 2.67. The highest BCUT2D eigenvalue weighted by Gasteiger charge is 2.11. The smallest absolute Gasteiger partial charge is 0.264 e. The second-order valence-corrected chi connectivity index (χ2v) is 4.80. The maximum Gasteiger partial charge on any atom is 0.264 e. The van der Waals surface area contributed by atoms with Crippen molar-refractivity contribution in [3.63, 3.8) is 0 Å². The van der Waals surface area contributed by atoms with Gasteiger partial charge in [-0.2, -0.15) is 4.98 Å². The van der Waals surface area contributed by atoms with Crippen LogP contribution in [0.1, 0.15) is 5.89 Å². The maximum atomic E-state index is 13.4. The highest BCUT2D eigenvalue weighted by molar-refractivity contribution is 7.13. The van der Waals surface area contributed by atoms with E-state index in [4.69, 9.17) is 9.26 Å². The first-order valence-electron chi connectivity index (χ1n) is 5.67. The molecule has 20 heavy (non-hydrogen) atoms. The number of benzene rings is 1. The number of halogens is 2. The first-order chi connectivity index (χ1) is 9.72. The molecule has 0 amide bonds. The highest BCUT2D eigenvalue weighted by atomic mass is 32.1. The molecule has 0 spiro atoms. The van der Waals surface area contributed by atoms with Gasteiger partial charge in [-0.3, -0.25) is 0 Å². The summed E-state index contributed by atoms with van der Waals surface area (Å²) in [5, 5.41) is 5.70. The average Bonchev–Trinajstić information content (AvgIpc) is 3.08. The van der Waals surface area contributed by atoms with Crippen LogP contribution in [0.5, 0.6) is 5.75 Å². The Morgan fingerprint density at radius 2 is 2.15 bits per heavy atom. The lowest BCUT2D eigenvalue weighted by Gasteiger charge is -2.03. The van der Waals surface area contributed by atoms with E-state index in [1.165, 1.54) is 17.4 Å². The molecular formula is C13H8F2N2O2S. The summed E-state index contributed by atoms with van der Waals surface area (Å²) in [4.78, 5) is 4.99. The van der Waals surface area contributed by atoms with Gasteiger partial charge in [0.25, 0.3) is 5.89 Å². The fraction of sp³-hybridized carbons (Fsp3) is 0.0769. The van der Waals surface area contributed by atoms with Crippen molar-refractivity contribution in [2.24, 2.45) is 0 Å². The van der Waals surface area contributed by atoms with Crippen molar-refractivity contribution in [3.05, 3.63) is 53.2 Å². The van der Waals surface area contributed by atoms with E-state index in [0.717, 1.165) is 17.0 Å². The van der Waals surface area contributed by atoms with E-state index in [0.29, 0.717) is 5.82 Å². The van der Waals surface area contributed by atoms with Crippen molar-refractivity contribution < 1.29 is 18.0 Å². The van der Waals surface area contributed by atoms with Crippen molar-refractivity contribution in [2.45, 2.75) is 6.61 Å². The lowest BCUT2D eigenvalue weighted by atomic mass is 10.3. The molecule has 0 aliphatic heterocycles. The van der Waals surface area contributed by atoms with Gasteiger partial charge in [-0.1, -0.05) is 11.2 Å². The average molecular weight is 294 g/mol. The van der Waals surface area contributed by atoms with Crippen molar-refractivity contribution in [1.29, 1.82) is 0 Å². The van der Waals surface area contributed by atoms with Crippen LogP contribution in [0.3, 0.4) is 0 Å². The van der Waals surface area contributed by atoms with Crippen LogP contribution in [0.25, 0.3) is 10.7 Å². The molecule has 1 aromatic carbocycles. The lowest BCUT2D eigenvalue weighted by molar-refractivity contribution is 0.234. The second-order valence-electron chi connectivity index (χ2n) is 3.85. The number of rotatable bonds is 4. The molecule has 0 saturated carbocycles. The van der Waals surface area contributed by atoms with Gasteiger partial charge >= 0.3 is 0 Å². The molecular weight excluding hydrogens is 286 g/mol. The Morgan fingerprint density at radius 1 is 1.25 bits per heavy atom. The zero-order valence-electron chi connectivity index (χ0n) is 10.0. The molecule has 0 aliphatic rings. The van der Waals surface area contributed by atoms with Crippen molar-refractivity contribution in [1.82, 2.24) is 10.1 Å². The van der Waals surface area contributed by atoms with E-state index in [1.54, 1.807) is 0 Å². The molecule has 0 atom stereocenters. The number of hydrogen-bond acceptors (Lipinski definition) is 5. The minimum Gasteiger partial charge on any atom is -0.481 e. The normalized spacial score (nSPS) is 10.7. The third-order valence-corrected chi connectivity index (χ3v) is 3.32. The van der Waals surface area contributed by atoms with E-state index in [2.05, 4.69) is 10.1 Å². The molecule has 0 fully saturated rings. The molecule has 0 unspecified atom stereocenters. The minimum absolute atomic E-state index is 0.0673. The van der Waals surface area contributed by atoms with E-state index in [9.17, 15) is 8.78 Å². The van der Waals surface area contributed by atoms with Gasteiger partial charge in [0.05, 0.1) is 4.88 Å². The Hall–Kier alpha value is -2.28. The number of aromatic nitrogens is 2. The monoisotopic (exact) mass is 294 g/mol. The van der Waals surface area contributed by atoms with Crippen molar-refractivity contribution in [3.8, 4) is 16.5 Å². The number of hydrogen-bond donors (Lipinski definition) is 0. The van der Waals surface area contributed by atoms with Gasteiger partial charge in [-0.15, -0.1) is 11.3 Å². The first-order valence-corrected chi connectivity index (χ1v) is 6.54. The van der Waals surface area contributed by atoms with Crippen LogP contribution in [0.2, 0.25) is 0 Å². The summed E-state index contributed by atoms with van der Waals surface area (Å²) >= 11 is 1.48. The largest absolute Gasteiger partial charge is 0.481 e. The molecule has 102 valence electrons. The Labute approximate surface area is 116 Å². The fourth-order valence-electron chi connectivity index (χ4n) is 1.55. The Bertz CT molecular complexity index is 713. The standard InChI is InChI=1S/C13H8F2N2O2S/c14-8-3-4-10(9(15)6-8)18-7-12-16-13(17-19-12)11-2-1-5-20-11/h1-6H,7H2. The van der Waals surface area contributed by atoms with Crippen LogP contribution in [0, 0.1) is 11.6 Å². The van der Waals surface area contributed by atoms with Gasteiger partial charge in [0.2, 0.25) is 5.82 Å². The molecule has 7 heteroatoms. The van der Waals surface area contributed by atoms with E-state index in [-0.39, 0.29) is 18.2 Å². The van der Waals surface area contributed by atoms with Gasteiger partial charge in [0.15, 0.2) is 18.2 Å². The zero-order chi connectivity index (χ0) is 13.9. The molecule has 0 N–H and O–H groups in total. The van der Waals surface area contributed by atoms with Crippen LogP contribution in [0.15, 0.2) is 40.2 Å². The van der Waals surface area contributed by atoms with Gasteiger partial charge in [-0.05, 0) is 23.6 Å². The Kier molecular flexibility index (Phi) is 3.42. The number of nitrogens with zero attached hydrogens (tertiary/aromatic N) is 2. The molecule has 0 bridgehead atoms. The van der Waals surface area contributed by atoms with Gasteiger partial charge in [-0.25, -0.2) is 8.78 Å². The van der Waals surface area contributed by atoms with Crippen molar-refractivity contribution in [2.75, 3.05) is 0 Å². The van der Waals surface area contributed by atoms with Crippen LogP contribution >= 0.6 is 11.3 Å². The maximum absolute atomic E-state index is 13.4. The summed E-state index contributed by atoms with van der Waals surface area (Å²) < 4.78 is 36.3. The molecule has 0 radical (unpaired) electrons. The summed E-state index contributed by atoms with van der Waals surface area (Å²) in [7, 11) is 0. The van der Waals surface area contributed by atoms with Gasteiger partial charge in [0.1, 0.15) is 5.82 Å². The quantitative estimate of drug-likeness (QED) is 0.737. The van der Waals surface area contributed by atoms with Crippen molar-refractivity contribution >= 4 is 11.3 Å². The topological polar surface area (TPSA) is 48.2 Å². The summed E-state index contributed by atoms with van der Waals surface area (Å²) in [5.41, 5.74) is 0. The van der Waals surface area contributed by atoms with Crippen LogP contribution < -0.4 is 4.74 Å². The highest BCUT2D eigenvalue weighted by Crippen LogP contribution is 2.22. The lowest BCUT2D eigenvalue weighted by Crippen LogP contribution is -1.98. The molecule has 0 aliphatic carbocycles. The predicted octanol–water partition coefficient (Wildman–Crippen LogP) is 3.66. The molecule has 2 aromatic heterocycles. The Morgan fingerprint density at radius 3 is 2.90 bits per heavy atom. The van der Waals surface area contributed by atoms with Crippen LogP contribution in [-0.2, 0) is 6.61 Å². The predicted molar refractivity (Wildman–Crippen MR) is 68.3 cm³/mol. The molecule has 2 heterocycles. The van der Waals surface area contributed by atoms with E-state index < -0.39 is 11.6 Å². The van der Waals surface area contributed by atoms with Gasteiger partial charge < -0.3 is 9.26 Å². The van der Waals surface area contributed by atoms with Crippen LogP contribution in [0.4, 0.5) is 8.78 Å². The number of ether oxygens (including phenoxy) is 1. The van der Waals surface area contributed by atoms with Crippen LogP contribution in [-0.4, -0.2) is 10.1 Å². The number of thiophene rings is 1. The molecule has 0 saturated heterocycles. The SMILES string of the molecule is Fc1ccc(OCc2nc(-c3cccs3)no2)c(F)c1. The fourth-order valence-corrected chi connectivity index (χ4v) is 2.20. The second kappa shape index (κ2) is 5.38. The van der Waals surface area contributed by atoms with Gasteiger partial charge in [0, 0.05) is 6.07 Å². The molecule has 3 aromatic rings. The Balaban J connectivity index is 1.70. The minimum atomic E-state index is -0.775. The third-order valence-electron chi connectivity index (χ3n) is 2.45. The summed E-state index contributed by atoms with van der Waals surface area (Å²) in [6.07, 6.45) is 0. The molecule has 3 rings (SSSR count). The summed E-state index contributed by atoms with van der Waals surface area (Å²) in [6.45, 7) is -0.0824. The van der Waals surface area contributed by atoms with E-state index in [1.807, 2.05) is 17.5 Å². The first kappa shape index (κ1) is 12.7.